The van der Waals surface area contributed by atoms with Crippen molar-refractivity contribution < 1.29 is 14.3 Å². The van der Waals surface area contributed by atoms with Crippen LogP contribution in [0.15, 0.2) is 41.5 Å². The van der Waals surface area contributed by atoms with Crippen LogP contribution in [0, 0.1) is 5.82 Å². The van der Waals surface area contributed by atoms with Gasteiger partial charge in [-0.25, -0.2) is 8.91 Å². The minimum absolute atomic E-state index is 0.0851. The van der Waals surface area contributed by atoms with Crippen molar-refractivity contribution in [2.45, 2.75) is 39.8 Å². The van der Waals surface area contributed by atoms with Gasteiger partial charge >= 0.3 is 0 Å². The third kappa shape index (κ3) is 4.22. The molecule has 154 valence electrons. The molecule has 0 atom stereocenters. The van der Waals surface area contributed by atoms with Gasteiger partial charge in [0.25, 0.3) is 5.56 Å². The molecule has 0 aliphatic heterocycles. The fourth-order valence-electron chi connectivity index (χ4n) is 3.35. The van der Waals surface area contributed by atoms with E-state index in [-0.39, 0.29) is 18.0 Å². The van der Waals surface area contributed by atoms with E-state index in [1.54, 1.807) is 23.2 Å². The summed E-state index contributed by atoms with van der Waals surface area (Å²) in [4.78, 5) is 27.4. The number of amides is 1. The van der Waals surface area contributed by atoms with E-state index in [4.69, 9.17) is 0 Å². The quantitative estimate of drug-likeness (QED) is 0.630. The van der Waals surface area contributed by atoms with Gasteiger partial charge < -0.3 is 14.6 Å². The molecule has 0 radical (unpaired) electrons. The van der Waals surface area contributed by atoms with Crippen LogP contribution in [0.1, 0.15) is 32.3 Å². The first-order chi connectivity index (χ1) is 14.0. The number of fused-ring (bicyclic) bond motifs is 1. The van der Waals surface area contributed by atoms with Gasteiger partial charge in [-0.05, 0) is 25.5 Å². The Morgan fingerprint density at radius 1 is 1.28 bits per heavy atom. The number of nitrogens with zero attached hydrogens (tertiary/aromatic N) is 4. The van der Waals surface area contributed by atoms with E-state index in [0.29, 0.717) is 29.9 Å². The number of hydrogen-bond donors (Lipinski definition) is 1. The van der Waals surface area contributed by atoms with Crippen LogP contribution in [0.4, 0.5) is 4.39 Å². The van der Waals surface area contributed by atoms with Gasteiger partial charge in [0.15, 0.2) is 0 Å². The van der Waals surface area contributed by atoms with E-state index in [0.717, 1.165) is 12.8 Å². The third-order valence-corrected chi connectivity index (χ3v) is 4.94. The maximum absolute atomic E-state index is 13.6. The molecule has 1 N–H and O–H groups in total. The lowest BCUT2D eigenvalue weighted by Crippen LogP contribution is -2.37. The summed E-state index contributed by atoms with van der Waals surface area (Å²) in [6.07, 6.45) is 4.95. The van der Waals surface area contributed by atoms with Crippen molar-refractivity contribution in [2.24, 2.45) is 0 Å². The fourth-order valence-corrected chi connectivity index (χ4v) is 3.35. The smallest absolute Gasteiger partial charge is 0.277 e. The van der Waals surface area contributed by atoms with E-state index in [9.17, 15) is 19.1 Å². The van der Waals surface area contributed by atoms with Crippen LogP contribution in [0.2, 0.25) is 0 Å². The second kappa shape index (κ2) is 9.00. The molecule has 8 heteroatoms. The molecular weight excluding hydrogens is 375 g/mol. The summed E-state index contributed by atoms with van der Waals surface area (Å²) in [5.74, 6) is -0.569. The number of carbonyl (C=O) groups is 1. The molecular formula is C21H25FN4O3. The first-order valence-corrected chi connectivity index (χ1v) is 9.75. The maximum Gasteiger partial charge on any atom is 0.277 e. The number of aliphatic hydroxyl groups is 1. The van der Waals surface area contributed by atoms with Crippen molar-refractivity contribution >= 4 is 11.4 Å². The predicted molar refractivity (Wildman–Crippen MR) is 108 cm³/mol. The monoisotopic (exact) mass is 400 g/mol. The molecule has 0 saturated carbocycles. The zero-order valence-electron chi connectivity index (χ0n) is 16.6. The number of aromatic nitrogens is 3. The molecule has 0 aliphatic rings. The van der Waals surface area contributed by atoms with Crippen molar-refractivity contribution in [3.05, 3.63) is 58.4 Å². The highest BCUT2D eigenvalue weighted by Crippen LogP contribution is 2.25. The van der Waals surface area contributed by atoms with E-state index >= 15 is 0 Å². The van der Waals surface area contributed by atoms with E-state index in [1.165, 1.54) is 27.4 Å². The van der Waals surface area contributed by atoms with Crippen LogP contribution in [0.5, 0.6) is 0 Å². The molecule has 1 aromatic carbocycles. The number of halogens is 1. The lowest BCUT2D eigenvalue weighted by atomic mass is 10.1. The molecule has 0 spiro atoms. The normalized spacial score (nSPS) is 11.2. The predicted octanol–water partition coefficient (Wildman–Crippen LogP) is 2.44. The average molecular weight is 400 g/mol. The summed E-state index contributed by atoms with van der Waals surface area (Å²) in [5.41, 5.74) is 0.869. The number of benzene rings is 1. The van der Waals surface area contributed by atoms with Crippen LogP contribution < -0.4 is 5.56 Å². The van der Waals surface area contributed by atoms with Gasteiger partial charge in [0, 0.05) is 36.6 Å². The number of hydrogen-bond acceptors (Lipinski definition) is 4. The van der Waals surface area contributed by atoms with Crippen molar-refractivity contribution in [1.82, 2.24) is 19.1 Å². The highest BCUT2D eigenvalue weighted by atomic mass is 19.1. The molecule has 0 bridgehead atoms. The third-order valence-electron chi connectivity index (χ3n) is 4.94. The first kappa shape index (κ1) is 20.7. The van der Waals surface area contributed by atoms with Gasteiger partial charge in [0.05, 0.1) is 12.3 Å². The molecule has 3 aromatic rings. The summed E-state index contributed by atoms with van der Waals surface area (Å²) < 4.78 is 16.3. The Labute approximate surface area is 168 Å². The van der Waals surface area contributed by atoms with Crippen LogP contribution in [-0.2, 0) is 17.9 Å². The van der Waals surface area contributed by atoms with Crippen LogP contribution in [-0.4, -0.2) is 43.2 Å². The summed E-state index contributed by atoms with van der Waals surface area (Å²) in [5, 5.41) is 14.2. The van der Waals surface area contributed by atoms with Gasteiger partial charge in [-0.2, -0.15) is 5.10 Å². The Kier molecular flexibility index (Phi) is 6.43. The van der Waals surface area contributed by atoms with Crippen molar-refractivity contribution in [2.75, 3.05) is 13.1 Å². The maximum atomic E-state index is 13.6. The molecule has 29 heavy (non-hydrogen) atoms. The van der Waals surface area contributed by atoms with E-state index in [2.05, 4.69) is 12.0 Å². The van der Waals surface area contributed by atoms with E-state index < -0.39 is 18.0 Å². The largest absolute Gasteiger partial charge is 0.392 e. The molecule has 7 nitrogen and oxygen atoms in total. The summed E-state index contributed by atoms with van der Waals surface area (Å²) in [6.45, 7) is 4.68. The molecule has 1 amide bonds. The Morgan fingerprint density at radius 2 is 2.07 bits per heavy atom. The van der Waals surface area contributed by atoms with Gasteiger partial charge in [0.2, 0.25) is 5.91 Å². The topological polar surface area (TPSA) is 79.8 Å². The van der Waals surface area contributed by atoms with Gasteiger partial charge in [-0.1, -0.05) is 25.5 Å². The fraction of sp³-hybridized carbons (Fsp3) is 0.381. The Bertz CT molecular complexity index is 1070. The molecule has 0 aliphatic carbocycles. The molecule has 0 saturated heterocycles. The van der Waals surface area contributed by atoms with Crippen molar-refractivity contribution in [3.8, 4) is 11.3 Å². The highest BCUT2D eigenvalue weighted by Gasteiger charge is 2.19. The van der Waals surface area contributed by atoms with Gasteiger partial charge in [0.1, 0.15) is 17.9 Å². The number of unbranched alkanes of at least 4 members (excludes halogenated alkanes) is 1. The van der Waals surface area contributed by atoms with E-state index in [1.807, 2.05) is 6.92 Å². The van der Waals surface area contributed by atoms with Crippen LogP contribution >= 0.6 is 0 Å². The number of rotatable bonds is 8. The number of aliphatic hydroxyl groups excluding tert-OH is 1. The van der Waals surface area contributed by atoms with Gasteiger partial charge in [-0.15, -0.1) is 0 Å². The van der Waals surface area contributed by atoms with Crippen molar-refractivity contribution in [1.29, 1.82) is 0 Å². The molecule has 3 rings (SSSR count). The second-order valence-corrected chi connectivity index (χ2v) is 6.85. The minimum Gasteiger partial charge on any atom is -0.392 e. The molecule has 2 aromatic heterocycles. The zero-order chi connectivity index (χ0) is 21.0. The van der Waals surface area contributed by atoms with Crippen LogP contribution in [0.3, 0.4) is 0 Å². The molecule has 2 heterocycles. The Hall–Kier alpha value is -3.00. The summed E-state index contributed by atoms with van der Waals surface area (Å²) >= 11 is 0. The molecule has 0 fully saturated rings. The number of carbonyl (C=O) groups excluding carboxylic acids is 1. The second-order valence-electron chi connectivity index (χ2n) is 6.85. The Balaban J connectivity index is 2.01. The SMILES string of the molecule is CCCCN(CC)C(=O)Cn1ccn2nc(-c3cccc(F)c3)c(CO)c2c1=O. The van der Waals surface area contributed by atoms with Crippen molar-refractivity contribution in [3.63, 3.8) is 0 Å². The first-order valence-electron chi connectivity index (χ1n) is 9.75. The summed E-state index contributed by atoms with van der Waals surface area (Å²) in [6, 6.07) is 5.83. The van der Waals surface area contributed by atoms with Crippen LogP contribution in [0.25, 0.3) is 16.8 Å². The molecule has 0 unspecified atom stereocenters. The lowest BCUT2D eigenvalue weighted by molar-refractivity contribution is -0.131. The minimum atomic E-state index is -0.432. The average Bonchev–Trinajstić information content (AvgIpc) is 3.10. The highest BCUT2D eigenvalue weighted by molar-refractivity contribution is 5.76. The standard InChI is InChI=1S/C21H25FN4O3/c1-3-5-9-24(4-2)18(28)13-25-10-11-26-20(21(25)29)17(14-27)19(23-26)15-7-6-8-16(22)12-15/h6-8,10-12,27H,3-5,9,13-14H2,1-2H3. The number of likely N-dealkylation sites (N-methyl/N-ethyl adjacent to an activating group) is 1. The Morgan fingerprint density at radius 3 is 2.72 bits per heavy atom. The zero-order valence-corrected chi connectivity index (χ0v) is 16.6. The lowest BCUT2D eigenvalue weighted by Gasteiger charge is -2.21. The summed E-state index contributed by atoms with van der Waals surface area (Å²) in [7, 11) is 0. The van der Waals surface area contributed by atoms with Gasteiger partial charge in [-0.3, -0.25) is 9.59 Å².